The van der Waals surface area contributed by atoms with Crippen molar-refractivity contribution < 1.29 is 4.79 Å². The number of hydrogen-bond donors (Lipinski definition) is 1. The lowest BCUT2D eigenvalue weighted by atomic mass is 10.1. The van der Waals surface area contributed by atoms with Crippen LogP contribution in [-0.2, 0) is 17.8 Å². The molecule has 0 fully saturated rings. The summed E-state index contributed by atoms with van der Waals surface area (Å²) >= 11 is 6.98. The number of benzene rings is 2. The van der Waals surface area contributed by atoms with Crippen molar-refractivity contribution in [3.05, 3.63) is 81.4 Å². The summed E-state index contributed by atoms with van der Waals surface area (Å²) in [5.74, 6) is -0.240. The van der Waals surface area contributed by atoms with Crippen molar-refractivity contribution in [1.29, 1.82) is 0 Å². The van der Waals surface area contributed by atoms with E-state index in [1.165, 1.54) is 10.9 Å². The van der Waals surface area contributed by atoms with Gasteiger partial charge in [-0.1, -0.05) is 47.5 Å². The smallest absolute Gasteiger partial charge is 0.273 e. The van der Waals surface area contributed by atoms with Crippen molar-refractivity contribution in [3.8, 4) is 11.3 Å². The van der Waals surface area contributed by atoms with Gasteiger partial charge in [-0.15, -0.1) is 0 Å². The van der Waals surface area contributed by atoms with Crippen LogP contribution in [0.4, 0.5) is 0 Å². The van der Waals surface area contributed by atoms with Crippen LogP contribution < -0.4 is 10.9 Å². The normalized spacial score (nSPS) is 11.0. The SMILES string of the molecule is Cc1cccc(-c2nsc3c(=O)n(CC(=O)NCCc4ccc(Cl)cc4)cnc23)c1. The van der Waals surface area contributed by atoms with Crippen LogP contribution in [-0.4, -0.2) is 26.4 Å². The fraction of sp³-hybridized carbons (Fsp3) is 0.182. The van der Waals surface area contributed by atoms with Gasteiger partial charge in [-0.2, -0.15) is 4.37 Å². The minimum Gasteiger partial charge on any atom is -0.354 e. The van der Waals surface area contributed by atoms with Gasteiger partial charge in [-0.3, -0.25) is 14.2 Å². The van der Waals surface area contributed by atoms with E-state index in [9.17, 15) is 9.59 Å². The number of nitrogens with one attached hydrogen (secondary N) is 1. The zero-order valence-electron chi connectivity index (χ0n) is 16.3. The fourth-order valence-corrected chi connectivity index (χ4v) is 4.09. The van der Waals surface area contributed by atoms with E-state index in [1.807, 2.05) is 55.5 Å². The molecule has 0 unspecified atom stereocenters. The van der Waals surface area contributed by atoms with Gasteiger partial charge in [0.25, 0.3) is 5.56 Å². The summed E-state index contributed by atoms with van der Waals surface area (Å²) in [5, 5.41) is 3.51. The highest BCUT2D eigenvalue weighted by molar-refractivity contribution is 7.13. The molecule has 0 atom stereocenters. The molecule has 8 heteroatoms. The predicted octanol–water partition coefficient (Wildman–Crippen LogP) is 3.84. The lowest BCUT2D eigenvalue weighted by molar-refractivity contribution is -0.121. The predicted molar refractivity (Wildman–Crippen MR) is 120 cm³/mol. The molecule has 1 N–H and O–H groups in total. The quantitative estimate of drug-likeness (QED) is 0.496. The molecule has 0 aliphatic carbocycles. The van der Waals surface area contributed by atoms with Crippen LogP contribution in [0.5, 0.6) is 0 Å². The number of fused-ring (bicyclic) bond motifs is 1. The maximum absolute atomic E-state index is 12.8. The lowest BCUT2D eigenvalue weighted by Crippen LogP contribution is -2.33. The zero-order valence-corrected chi connectivity index (χ0v) is 17.8. The molecule has 0 saturated carbocycles. The number of carbonyl (C=O) groups excluding carboxylic acids is 1. The average molecular weight is 439 g/mol. The third-order valence-electron chi connectivity index (χ3n) is 4.70. The van der Waals surface area contributed by atoms with E-state index >= 15 is 0 Å². The van der Waals surface area contributed by atoms with Crippen molar-refractivity contribution in [1.82, 2.24) is 19.2 Å². The molecule has 6 nitrogen and oxygen atoms in total. The highest BCUT2D eigenvalue weighted by Crippen LogP contribution is 2.27. The van der Waals surface area contributed by atoms with E-state index in [2.05, 4.69) is 14.7 Å². The van der Waals surface area contributed by atoms with E-state index in [0.717, 1.165) is 28.2 Å². The number of halogens is 1. The van der Waals surface area contributed by atoms with Crippen molar-refractivity contribution in [2.75, 3.05) is 6.54 Å². The highest BCUT2D eigenvalue weighted by atomic mass is 35.5. The number of hydrogen-bond acceptors (Lipinski definition) is 5. The molecule has 1 amide bonds. The van der Waals surface area contributed by atoms with Gasteiger partial charge in [-0.05, 0) is 48.6 Å². The number of amides is 1. The second-order valence-electron chi connectivity index (χ2n) is 6.98. The number of rotatable bonds is 6. The van der Waals surface area contributed by atoms with Crippen molar-refractivity contribution >= 4 is 39.3 Å². The van der Waals surface area contributed by atoms with Crippen LogP contribution in [0.25, 0.3) is 21.5 Å². The third-order valence-corrected chi connectivity index (χ3v) is 5.78. The number of nitrogens with zero attached hydrogens (tertiary/aromatic N) is 3. The third kappa shape index (κ3) is 4.42. The Morgan fingerprint density at radius 3 is 2.77 bits per heavy atom. The summed E-state index contributed by atoms with van der Waals surface area (Å²) in [6, 6.07) is 15.4. The first kappa shape index (κ1) is 20.3. The summed E-state index contributed by atoms with van der Waals surface area (Å²) in [7, 11) is 0. The molecule has 0 bridgehead atoms. The molecule has 0 radical (unpaired) electrons. The highest BCUT2D eigenvalue weighted by Gasteiger charge is 2.15. The first-order valence-electron chi connectivity index (χ1n) is 9.44. The van der Waals surface area contributed by atoms with Crippen LogP contribution in [0.2, 0.25) is 5.02 Å². The standard InChI is InChI=1S/C22H19ClN4O2S/c1-14-3-2-4-16(11-14)19-20-21(30-26-19)22(29)27(13-25-20)12-18(28)24-10-9-15-5-7-17(23)8-6-15/h2-8,11,13H,9-10,12H2,1H3,(H,24,28). The minimum absolute atomic E-state index is 0.0833. The molecule has 2 heterocycles. The van der Waals surface area contributed by atoms with E-state index in [-0.39, 0.29) is 18.0 Å². The number of aromatic nitrogens is 3. The van der Waals surface area contributed by atoms with Crippen molar-refractivity contribution in [2.45, 2.75) is 19.9 Å². The maximum atomic E-state index is 12.8. The molecule has 2 aromatic carbocycles. The first-order chi connectivity index (χ1) is 14.5. The number of carbonyl (C=O) groups is 1. The van der Waals surface area contributed by atoms with Gasteiger partial charge in [0.05, 0.1) is 6.33 Å². The zero-order chi connectivity index (χ0) is 21.1. The molecular formula is C22H19ClN4O2S. The lowest BCUT2D eigenvalue weighted by Gasteiger charge is -2.07. The Labute approximate surface area is 182 Å². The second-order valence-corrected chi connectivity index (χ2v) is 8.19. The Morgan fingerprint density at radius 2 is 2.00 bits per heavy atom. The number of aryl methyl sites for hydroxylation is 1. The second kappa shape index (κ2) is 8.77. The molecule has 4 rings (SSSR count). The van der Waals surface area contributed by atoms with E-state index in [1.54, 1.807) is 0 Å². The van der Waals surface area contributed by atoms with Crippen LogP contribution in [0, 0.1) is 6.92 Å². The minimum atomic E-state index is -0.260. The maximum Gasteiger partial charge on any atom is 0.273 e. The van der Waals surface area contributed by atoms with Gasteiger partial charge in [0.15, 0.2) is 0 Å². The Balaban J connectivity index is 1.45. The van der Waals surface area contributed by atoms with Crippen LogP contribution in [0.1, 0.15) is 11.1 Å². The van der Waals surface area contributed by atoms with Crippen LogP contribution >= 0.6 is 23.1 Å². The summed E-state index contributed by atoms with van der Waals surface area (Å²) in [5.41, 5.74) is 4.10. The van der Waals surface area contributed by atoms with Crippen molar-refractivity contribution in [3.63, 3.8) is 0 Å². The molecule has 0 aliphatic heterocycles. The van der Waals surface area contributed by atoms with E-state index in [4.69, 9.17) is 11.6 Å². The van der Waals surface area contributed by atoms with E-state index in [0.29, 0.717) is 33.9 Å². The van der Waals surface area contributed by atoms with Gasteiger partial charge >= 0.3 is 0 Å². The van der Waals surface area contributed by atoms with Gasteiger partial charge in [0, 0.05) is 17.1 Å². The Hall–Kier alpha value is -3.03. The average Bonchev–Trinajstić information content (AvgIpc) is 3.16. The molecule has 0 aliphatic rings. The molecule has 30 heavy (non-hydrogen) atoms. The summed E-state index contributed by atoms with van der Waals surface area (Å²) in [6.45, 7) is 2.40. The molecule has 2 aromatic heterocycles. The Kier molecular flexibility index (Phi) is 5.92. The van der Waals surface area contributed by atoms with Gasteiger partial charge < -0.3 is 5.32 Å². The topological polar surface area (TPSA) is 76.9 Å². The van der Waals surface area contributed by atoms with Crippen molar-refractivity contribution in [2.24, 2.45) is 0 Å². The first-order valence-corrected chi connectivity index (χ1v) is 10.6. The van der Waals surface area contributed by atoms with Gasteiger partial charge in [0.1, 0.15) is 22.5 Å². The van der Waals surface area contributed by atoms with Gasteiger partial charge in [-0.25, -0.2) is 4.98 Å². The van der Waals surface area contributed by atoms with Crippen LogP contribution in [0.3, 0.4) is 0 Å². The molecule has 0 saturated heterocycles. The molecule has 0 spiro atoms. The molecule has 152 valence electrons. The van der Waals surface area contributed by atoms with Crippen LogP contribution in [0.15, 0.2) is 59.7 Å². The summed E-state index contributed by atoms with van der Waals surface area (Å²) < 4.78 is 6.20. The monoisotopic (exact) mass is 438 g/mol. The molecule has 4 aromatic rings. The molecular weight excluding hydrogens is 420 g/mol. The van der Waals surface area contributed by atoms with Gasteiger partial charge in [0.2, 0.25) is 5.91 Å². The fourth-order valence-electron chi connectivity index (χ4n) is 3.16. The Bertz CT molecular complexity index is 1260. The summed E-state index contributed by atoms with van der Waals surface area (Å²) in [4.78, 5) is 29.5. The van der Waals surface area contributed by atoms with E-state index < -0.39 is 0 Å². The largest absolute Gasteiger partial charge is 0.354 e. The summed E-state index contributed by atoms with van der Waals surface area (Å²) in [6.07, 6.45) is 2.10. The Morgan fingerprint density at radius 1 is 1.20 bits per heavy atom.